The normalized spacial score (nSPS) is 11.6. The van der Waals surface area contributed by atoms with Crippen LogP contribution in [0.2, 0.25) is 5.15 Å². The first kappa shape index (κ1) is 17.2. The van der Waals surface area contributed by atoms with Gasteiger partial charge in [0.25, 0.3) is 5.95 Å². The van der Waals surface area contributed by atoms with Gasteiger partial charge in [0.05, 0.1) is 25.3 Å². The summed E-state index contributed by atoms with van der Waals surface area (Å²) >= 11 is 6.26. The van der Waals surface area contributed by atoms with Crippen LogP contribution in [0.1, 0.15) is 11.1 Å². The van der Waals surface area contributed by atoms with Crippen molar-refractivity contribution < 1.29 is 9.47 Å². The highest BCUT2D eigenvalue weighted by molar-refractivity contribution is 6.32. The zero-order chi connectivity index (χ0) is 19.0. The summed E-state index contributed by atoms with van der Waals surface area (Å²) in [5, 5.41) is 8.58. The van der Waals surface area contributed by atoms with Crippen molar-refractivity contribution in [1.82, 2.24) is 19.6 Å². The van der Waals surface area contributed by atoms with E-state index in [0.717, 1.165) is 22.2 Å². The molecule has 0 aliphatic carbocycles. The minimum atomic E-state index is 0.284. The van der Waals surface area contributed by atoms with Crippen molar-refractivity contribution in [3.8, 4) is 11.5 Å². The van der Waals surface area contributed by atoms with Crippen LogP contribution in [0, 0.1) is 6.92 Å². The lowest BCUT2D eigenvalue weighted by Crippen LogP contribution is -1.94. The Morgan fingerprint density at radius 3 is 2.63 bits per heavy atom. The minimum Gasteiger partial charge on any atom is -0.493 e. The number of rotatable bonds is 4. The van der Waals surface area contributed by atoms with Gasteiger partial charge in [-0.05, 0) is 48.4 Å². The molecule has 0 unspecified atom stereocenters. The molecular formula is C19H16ClN5O2. The van der Waals surface area contributed by atoms with Crippen molar-refractivity contribution in [3.05, 3.63) is 52.7 Å². The lowest BCUT2D eigenvalue weighted by molar-refractivity contribution is 0.355. The molecule has 2 heterocycles. The Morgan fingerprint density at radius 2 is 1.85 bits per heavy atom. The van der Waals surface area contributed by atoms with Crippen molar-refractivity contribution in [2.24, 2.45) is 4.99 Å². The lowest BCUT2D eigenvalue weighted by Gasteiger charge is -2.07. The first-order chi connectivity index (χ1) is 13.1. The summed E-state index contributed by atoms with van der Waals surface area (Å²) < 4.78 is 12.4. The van der Waals surface area contributed by atoms with Crippen molar-refractivity contribution in [3.63, 3.8) is 0 Å². The highest BCUT2D eigenvalue weighted by Gasteiger charge is 2.13. The van der Waals surface area contributed by atoms with Gasteiger partial charge in [-0.3, -0.25) is 4.40 Å². The van der Waals surface area contributed by atoms with E-state index >= 15 is 0 Å². The van der Waals surface area contributed by atoms with Crippen LogP contribution in [0.15, 0.2) is 41.4 Å². The van der Waals surface area contributed by atoms with E-state index in [1.165, 1.54) is 0 Å². The molecule has 0 spiro atoms. The highest BCUT2D eigenvalue weighted by atomic mass is 35.5. The predicted octanol–water partition coefficient (Wildman–Crippen LogP) is 4.01. The second-order valence-electron chi connectivity index (χ2n) is 5.93. The smallest absolute Gasteiger partial charge is 0.255 e. The van der Waals surface area contributed by atoms with Crippen LogP contribution < -0.4 is 9.47 Å². The van der Waals surface area contributed by atoms with E-state index in [1.807, 2.05) is 43.3 Å². The van der Waals surface area contributed by atoms with Gasteiger partial charge in [-0.25, -0.2) is 9.98 Å². The molecule has 0 amide bonds. The Balaban J connectivity index is 1.84. The molecule has 2 aromatic heterocycles. The summed E-state index contributed by atoms with van der Waals surface area (Å²) in [5.41, 5.74) is 4.00. The second kappa shape index (κ2) is 6.85. The Kier molecular flexibility index (Phi) is 4.37. The van der Waals surface area contributed by atoms with Crippen LogP contribution in [0.25, 0.3) is 16.7 Å². The van der Waals surface area contributed by atoms with Crippen LogP contribution in [0.4, 0.5) is 5.95 Å². The summed E-state index contributed by atoms with van der Waals surface area (Å²) in [6.45, 7) is 2.01. The second-order valence-corrected chi connectivity index (χ2v) is 6.28. The van der Waals surface area contributed by atoms with Crippen LogP contribution in [-0.2, 0) is 0 Å². The number of hydrogen-bond acceptors (Lipinski definition) is 6. The maximum Gasteiger partial charge on any atom is 0.255 e. The summed E-state index contributed by atoms with van der Waals surface area (Å²) in [4.78, 5) is 8.88. The van der Waals surface area contributed by atoms with E-state index in [4.69, 9.17) is 21.1 Å². The lowest BCUT2D eigenvalue weighted by atomic mass is 10.2. The molecule has 4 rings (SSSR count). The third-order valence-electron chi connectivity index (χ3n) is 4.16. The largest absolute Gasteiger partial charge is 0.493 e. The molecule has 0 atom stereocenters. The summed E-state index contributed by atoms with van der Waals surface area (Å²) in [6, 6.07) is 11.4. The third kappa shape index (κ3) is 3.06. The number of aliphatic imine (C=N–C) groups is 1. The fraction of sp³-hybridized carbons (Fsp3) is 0.158. The molecule has 8 heteroatoms. The van der Waals surface area contributed by atoms with Crippen molar-refractivity contribution >= 4 is 40.4 Å². The van der Waals surface area contributed by atoms with Gasteiger partial charge in [-0.15, -0.1) is 10.2 Å². The maximum absolute atomic E-state index is 6.26. The predicted molar refractivity (Wildman–Crippen MR) is 105 cm³/mol. The molecule has 0 saturated carbocycles. The SMILES string of the molecule is COc1ccc(/C=N/c2nnc3c(Cl)nc4ccc(C)cc4n23)cc1OC. The molecule has 0 aliphatic rings. The van der Waals surface area contributed by atoms with E-state index < -0.39 is 0 Å². The number of nitrogens with zero attached hydrogens (tertiary/aromatic N) is 5. The van der Waals surface area contributed by atoms with E-state index in [-0.39, 0.29) is 5.15 Å². The van der Waals surface area contributed by atoms with Gasteiger partial charge in [0.15, 0.2) is 16.7 Å². The number of ether oxygens (including phenoxy) is 2. The standard InChI is InChI=1S/C19H16ClN5O2/c1-11-4-6-13-14(8-11)25-18(17(20)22-13)23-24-19(25)21-10-12-5-7-15(26-2)16(9-12)27-3/h4-10H,1-3H3/b21-10+. The van der Waals surface area contributed by atoms with E-state index in [1.54, 1.807) is 24.8 Å². The third-order valence-corrected chi connectivity index (χ3v) is 4.41. The molecule has 27 heavy (non-hydrogen) atoms. The summed E-state index contributed by atoms with van der Waals surface area (Å²) in [5.74, 6) is 1.70. The maximum atomic E-state index is 6.26. The molecule has 136 valence electrons. The molecule has 4 aromatic rings. The Bertz CT molecular complexity index is 1190. The summed E-state index contributed by atoms with van der Waals surface area (Å²) in [6.07, 6.45) is 1.69. The van der Waals surface area contributed by atoms with Crippen LogP contribution >= 0.6 is 11.6 Å². The Morgan fingerprint density at radius 1 is 1.04 bits per heavy atom. The molecule has 7 nitrogen and oxygen atoms in total. The van der Waals surface area contributed by atoms with Gasteiger partial charge in [0, 0.05) is 6.21 Å². The fourth-order valence-electron chi connectivity index (χ4n) is 2.84. The molecule has 2 aromatic carbocycles. The average molecular weight is 382 g/mol. The molecule has 0 N–H and O–H groups in total. The van der Waals surface area contributed by atoms with Gasteiger partial charge in [0.2, 0.25) is 5.65 Å². The topological polar surface area (TPSA) is 73.9 Å². The Hall–Kier alpha value is -3.19. The number of aromatic nitrogens is 4. The zero-order valence-electron chi connectivity index (χ0n) is 15.0. The van der Waals surface area contributed by atoms with E-state index in [9.17, 15) is 0 Å². The number of benzene rings is 2. The molecule has 0 bridgehead atoms. The first-order valence-corrected chi connectivity index (χ1v) is 8.55. The molecule has 0 fully saturated rings. The number of halogens is 1. The number of aryl methyl sites for hydroxylation is 1. The number of hydrogen-bond donors (Lipinski definition) is 0. The van der Waals surface area contributed by atoms with Crippen molar-refractivity contribution in [1.29, 1.82) is 0 Å². The van der Waals surface area contributed by atoms with Gasteiger partial charge in [0.1, 0.15) is 0 Å². The Labute approximate surface area is 160 Å². The van der Waals surface area contributed by atoms with Crippen molar-refractivity contribution in [2.75, 3.05) is 14.2 Å². The van der Waals surface area contributed by atoms with Crippen LogP contribution in [-0.4, -0.2) is 40.0 Å². The quantitative estimate of drug-likeness (QED) is 0.499. The first-order valence-electron chi connectivity index (χ1n) is 8.18. The fourth-order valence-corrected chi connectivity index (χ4v) is 3.06. The number of fused-ring (bicyclic) bond motifs is 3. The van der Waals surface area contributed by atoms with Gasteiger partial charge in [-0.2, -0.15) is 0 Å². The zero-order valence-corrected chi connectivity index (χ0v) is 15.7. The van der Waals surface area contributed by atoms with E-state index in [0.29, 0.717) is 23.1 Å². The average Bonchev–Trinajstić information content (AvgIpc) is 3.12. The van der Waals surface area contributed by atoms with Crippen LogP contribution in [0.5, 0.6) is 11.5 Å². The van der Waals surface area contributed by atoms with Crippen LogP contribution in [0.3, 0.4) is 0 Å². The van der Waals surface area contributed by atoms with Gasteiger partial charge >= 0.3 is 0 Å². The number of methoxy groups -OCH3 is 2. The highest BCUT2D eigenvalue weighted by Crippen LogP contribution is 2.28. The van der Waals surface area contributed by atoms with E-state index in [2.05, 4.69) is 20.2 Å². The van der Waals surface area contributed by atoms with Crippen molar-refractivity contribution in [2.45, 2.75) is 6.92 Å². The van der Waals surface area contributed by atoms with Gasteiger partial charge < -0.3 is 9.47 Å². The molecular weight excluding hydrogens is 366 g/mol. The van der Waals surface area contributed by atoms with Gasteiger partial charge in [-0.1, -0.05) is 17.7 Å². The molecule has 0 radical (unpaired) electrons. The monoisotopic (exact) mass is 381 g/mol. The summed E-state index contributed by atoms with van der Waals surface area (Å²) in [7, 11) is 3.19. The molecule has 0 saturated heterocycles. The molecule has 0 aliphatic heterocycles. The minimum absolute atomic E-state index is 0.284.